The molecule has 0 radical (unpaired) electrons. The maximum Gasteiger partial charge on any atom is 0.307 e. The number of anilines is 1. The second-order valence-electron chi connectivity index (χ2n) is 4.25. The zero-order valence-corrected chi connectivity index (χ0v) is 11.0. The molecule has 0 bridgehead atoms. The molecule has 0 fully saturated rings. The van der Waals surface area contributed by atoms with Gasteiger partial charge in [-0.2, -0.15) is 0 Å². The molecular weight excluding hydrogens is 262 g/mol. The number of hydrogen-bond donors (Lipinski definition) is 2. The smallest absolute Gasteiger partial charge is 0.307 e. The molecule has 0 amide bonds. The fourth-order valence-corrected chi connectivity index (χ4v) is 1.85. The summed E-state index contributed by atoms with van der Waals surface area (Å²) < 4.78 is 0. The number of carbonyl (C=O) groups is 1. The minimum Gasteiger partial charge on any atom is -0.481 e. The first-order chi connectivity index (χ1) is 9.13. The van der Waals surface area contributed by atoms with Gasteiger partial charge in [-0.3, -0.25) is 4.79 Å². The van der Waals surface area contributed by atoms with Crippen LogP contribution in [0.25, 0.3) is 0 Å². The van der Waals surface area contributed by atoms with Crippen molar-refractivity contribution in [3.8, 4) is 0 Å². The van der Waals surface area contributed by atoms with E-state index in [4.69, 9.17) is 16.7 Å². The lowest BCUT2D eigenvalue weighted by molar-refractivity contribution is -0.136. The van der Waals surface area contributed by atoms with Crippen LogP contribution in [0.2, 0.25) is 5.02 Å². The maximum atomic E-state index is 10.6. The van der Waals surface area contributed by atoms with Crippen molar-refractivity contribution in [3.63, 3.8) is 0 Å². The van der Waals surface area contributed by atoms with Crippen LogP contribution >= 0.6 is 11.6 Å². The van der Waals surface area contributed by atoms with E-state index in [0.717, 1.165) is 21.8 Å². The predicted octanol–water partition coefficient (Wildman–Crippen LogP) is 3.58. The number of hydrogen-bond acceptors (Lipinski definition) is 2. The predicted molar refractivity (Wildman–Crippen MR) is 76.6 cm³/mol. The van der Waals surface area contributed by atoms with Gasteiger partial charge in [0.15, 0.2) is 0 Å². The molecule has 98 valence electrons. The molecular formula is C15H14ClNO2. The molecule has 0 spiro atoms. The quantitative estimate of drug-likeness (QED) is 0.877. The van der Waals surface area contributed by atoms with Crippen molar-refractivity contribution in [3.05, 3.63) is 64.7 Å². The largest absolute Gasteiger partial charge is 0.481 e. The molecule has 0 saturated carbocycles. The Morgan fingerprint density at radius 2 is 1.58 bits per heavy atom. The Bertz CT molecular complexity index is 549. The van der Waals surface area contributed by atoms with Crippen molar-refractivity contribution in [1.82, 2.24) is 0 Å². The minimum atomic E-state index is -0.818. The highest BCUT2D eigenvalue weighted by molar-refractivity contribution is 6.30. The normalized spacial score (nSPS) is 10.2. The van der Waals surface area contributed by atoms with Gasteiger partial charge in [-0.1, -0.05) is 35.9 Å². The Kier molecular flexibility index (Phi) is 4.42. The van der Waals surface area contributed by atoms with Gasteiger partial charge in [0.1, 0.15) is 0 Å². The van der Waals surface area contributed by atoms with E-state index in [2.05, 4.69) is 5.32 Å². The molecule has 0 atom stereocenters. The topological polar surface area (TPSA) is 49.3 Å². The fourth-order valence-electron chi connectivity index (χ4n) is 1.72. The van der Waals surface area contributed by atoms with Crippen LogP contribution in [0.1, 0.15) is 11.1 Å². The summed E-state index contributed by atoms with van der Waals surface area (Å²) >= 11 is 5.82. The van der Waals surface area contributed by atoms with Crippen molar-refractivity contribution in [2.24, 2.45) is 0 Å². The Morgan fingerprint density at radius 3 is 2.16 bits per heavy atom. The van der Waals surface area contributed by atoms with Gasteiger partial charge in [0.2, 0.25) is 0 Å². The second kappa shape index (κ2) is 6.25. The molecule has 19 heavy (non-hydrogen) atoms. The van der Waals surface area contributed by atoms with Crippen LogP contribution in [0.5, 0.6) is 0 Å². The number of aliphatic carboxylic acids is 1. The second-order valence-corrected chi connectivity index (χ2v) is 4.68. The van der Waals surface area contributed by atoms with Crippen molar-refractivity contribution in [2.45, 2.75) is 13.0 Å². The van der Waals surface area contributed by atoms with E-state index in [-0.39, 0.29) is 6.42 Å². The van der Waals surface area contributed by atoms with Crippen LogP contribution < -0.4 is 5.32 Å². The third-order valence-electron chi connectivity index (χ3n) is 2.72. The van der Waals surface area contributed by atoms with Crippen LogP contribution in [0.15, 0.2) is 48.5 Å². The maximum absolute atomic E-state index is 10.6. The van der Waals surface area contributed by atoms with Crippen LogP contribution in [-0.4, -0.2) is 11.1 Å². The molecule has 0 heterocycles. The number of carboxylic acids is 1. The zero-order chi connectivity index (χ0) is 13.7. The molecule has 0 aliphatic rings. The Labute approximate surface area is 116 Å². The van der Waals surface area contributed by atoms with Crippen molar-refractivity contribution in [2.75, 3.05) is 5.32 Å². The summed E-state index contributed by atoms with van der Waals surface area (Å²) in [5.74, 6) is -0.818. The van der Waals surface area contributed by atoms with E-state index < -0.39 is 5.97 Å². The number of carboxylic acid groups (broad SMARTS) is 1. The highest BCUT2D eigenvalue weighted by Gasteiger charge is 2.00. The summed E-state index contributed by atoms with van der Waals surface area (Å²) in [6, 6.07) is 15.0. The van der Waals surface area contributed by atoms with E-state index in [0.29, 0.717) is 6.54 Å². The molecule has 2 N–H and O–H groups in total. The molecule has 0 aliphatic heterocycles. The number of halogens is 1. The Hall–Kier alpha value is -2.00. The summed E-state index contributed by atoms with van der Waals surface area (Å²) in [6.07, 6.45) is 0.0530. The van der Waals surface area contributed by atoms with Gasteiger partial charge in [-0.25, -0.2) is 0 Å². The molecule has 3 nitrogen and oxygen atoms in total. The molecule has 0 saturated heterocycles. The Morgan fingerprint density at radius 1 is 1.00 bits per heavy atom. The van der Waals surface area contributed by atoms with Crippen LogP contribution in [0.4, 0.5) is 5.69 Å². The van der Waals surface area contributed by atoms with Crippen LogP contribution in [-0.2, 0) is 17.8 Å². The van der Waals surface area contributed by atoms with Crippen LogP contribution in [0.3, 0.4) is 0 Å². The monoisotopic (exact) mass is 275 g/mol. The molecule has 4 heteroatoms. The van der Waals surface area contributed by atoms with E-state index in [1.807, 2.05) is 48.5 Å². The summed E-state index contributed by atoms with van der Waals surface area (Å²) in [4.78, 5) is 10.6. The summed E-state index contributed by atoms with van der Waals surface area (Å²) in [7, 11) is 0. The van der Waals surface area contributed by atoms with Crippen molar-refractivity contribution < 1.29 is 9.90 Å². The van der Waals surface area contributed by atoms with Gasteiger partial charge in [-0.15, -0.1) is 0 Å². The minimum absolute atomic E-state index is 0.0530. The van der Waals surface area contributed by atoms with Gasteiger partial charge in [-0.05, 0) is 35.4 Å². The SMILES string of the molecule is O=C(O)Cc1ccc(NCc2ccc(Cl)cc2)cc1. The molecule has 2 aromatic rings. The van der Waals surface area contributed by atoms with Crippen LogP contribution in [0, 0.1) is 0 Å². The fraction of sp³-hybridized carbons (Fsp3) is 0.133. The van der Waals surface area contributed by atoms with Gasteiger partial charge in [0.25, 0.3) is 0 Å². The summed E-state index contributed by atoms with van der Waals surface area (Å²) in [5.41, 5.74) is 2.90. The molecule has 2 aromatic carbocycles. The highest BCUT2D eigenvalue weighted by Crippen LogP contribution is 2.13. The molecule has 2 rings (SSSR count). The lowest BCUT2D eigenvalue weighted by Crippen LogP contribution is -2.01. The molecule has 0 aromatic heterocycles. The van der Waals surface area contributed by atoms with Crippen molar-refractivity contribution in [1.29, 1.82) is 0 Å². The lowest BCUT2D eigenvalue weighted by Gasteiger charge is -2.07. The third kappa shape index (κ3) is 4.30. The first kappa shape index (κ1) is 13.4. The highest BCUT2D eigenvalue weighted by atomic mass is 35.5. The number of benzene rings is 2. The summed E-state index contributed by atoms with van der Waals surface area (Å²) in [6.45, 7) is 0.704. The standard InChI is InChI=1S/C15H14ClNO2/c16-13-5-1-12(2-6-13)10-17-14-7-3-11(4-8-14)9-15(18)19/h1-8,17H,9-10H2,(H,18,19). The van der Waals surface area contributed by atoms with E-state index in [9.17, 15) is 4.79 Å². The van der Waals surface area contributed by atoms with Crippen molar-refractivity contribution >= 4 is 23.3 Å². The Balaban J connectivity index is 1.92. The third-order valence-corrected chi connectivity index (χ3v) is 2.97. The van der Waals surface area contributed by atoms with E-state index in [1.54, 1.807) is 0 Å². The number of nitrogens with one attached hydrogen (secondary N) is 1. The average molecular weight is 276 g/mol. The summed E-state index contributed by atoms with van der Waals surface area (Å²) in [5, 5.41) is 12.7. The van der Waals surface area contributed by atoms with Gasteiger partial charge in [0.05, 0.1) is 6.42 Å². The van der Waals surface area contributed by atoms with Gasteiger partial charge < -0.3 is 10.4 Å². The number of rotatable bonds is 5. The first-order valence-electron chi connectivity index (χ1n) is 5.92. The van der Waals surface area contributed by atoms with Gasteiger partial charge >= 0.3 is 5.97 Å². The first-order valence-corrected chi connectivity index (χ1v) is 6.30. The lowest BCUT2D eigenvalue weighted by atomic mass is 10.1. The molecule has 0 aliphatic carbocycles. The molecule has 0 unspecified atom stereocenters. The van der Waals surface area contributed by atoms with Gasteiger partial charge in [0, 0.05) is 17.3 Å². The van der Waals surface area contributed by atoms with E-state index >= 15 is 0 Å². The average Bonchev–Trinajstić information content (AvgIpc) is 2.39. The zero-order valence-electron chi connectivity index (χ0n) is 10.3. The van der Waals surface area contributed by atoms with E-state index in [1.165, 1.54) is 0 Å².